The van der Waals surface area contributed by atoms with E-state index in [0.29, 0.717) is 35.9 Å². The van der Waals surface area contributed by atoms with Gasteiger partial charge in [0.25, 0.3) is 0 Å². The van der Waals surface area contributed by atoms with E-state index in [9.17, 15) is 8.42 Å². The Morgan fingerprint density at radius 3 is 2.65 bits per heavy atom. The average molecular weight is 375 g/mol. The Morgan fingerprint density at radius 2 is 1.92 bits per heavy atom. The molecule has 2 aliphatic rings. The van der Waals surface area contributed by atoms with Crippen LogP contribution in [0.2, 0.25) is 0 Å². The third-order valence-corrected chi connectivity index (χ3v) is 7.81. The molecule has 1 aliphatic heterocycles. The number of hydrogen-bond acceptors (Lipinski definition) is 4. The first kappa shape index (κ1) is 17.8. The van der Waals surface area contributed by atoms with E-state index in [0.717, 1.165) is 31.6 Å². The molecule has 5 nitrogen and oxygen atoms in total. The smallest absolute Gasteiger partial charge is 0.243 e. The molecule has 0 bridgehead atoms. The second-order valence-electron chi connectivity index (χ2n) is 7.55. The van der Waals surface area contributed by atoms with Gasteiger partial charge in [0.05, 0.1) is 17.7 Å². The van der Waals surface area contributed by atoms with Crippen molar-refractivity contribution in [2.24, 2.45) is 11.8 Å². The van der Waals surface area contributed by atoms with Gasteiger partial charge in [-0.25, -0.2) is 8.42 Å². The van der Waals surface area contributed by atoms with Crippen LogP contribution in [-0.2, 0) is 16.6 Å². The van der Waals surface area contributed by atoms with Gasteiger partial charge in [-0.2, -0.15) is 4.31 Å². The molecule has 1 aliphatic carbocycles. The van der Waals surface area contributed by atoms with Gasteiger partial charge in [-0.1, -0.05) is 24.6 Å². The SMILES string of the molecule is CN(Cc1ccco1)[C@@H]1CCC[C@H]2CN(S(=O)(=O)c3ccccc3)C[C@H]21. The van der Waals surface area contributed by atoms with E-state index in [4.69, 9.17) is 4.42 Å². The molecule has 140 valence electrons. The maximum Gasteiger partial charge on any atom is 0.243 e. The van der Waals surface area contributed by atoms with Gasteiger partial charge < -0.3 is 4.42 Å². The van der Waals surface area contributed by atoms with Gasteiger partial charge in [-0.3, -0.25) is 4.90 Å². The van der Waals surface area contributed by atoms with Crippen molar-refractivity contribution >= 4 is 10.0 Å². The molecule has 3 atom stereocenters. The summed E-state index contributed by atoms with van der Waals surface area (Å²) in [6, 6.07) is 13.1. The summed E-state index contributed by atoms with van der Waals surface area (Å²) in [6.07, 6.45) is 5.11. The number of furan rings is 1. The van der Waals surface area contributed by atoms with Crippen molar-refractivity contribution in [1.29, 1.82) is 0 Å². The Balaban J connectivity index is 1.51. The predicted molar refractivity (Wildman–Crippen MR) is 100.0 cm³/mol. The second-order valence-corrected chi connectivity index (χ2v) is 9.49. The molecule has 2 aromatic rings. The standard InChI is InChI=1S/C20H26N2O3S/c1-21(14-17-8-6-12-25-17)20-11-5-7-16-13-22(15-19(16)20)26(23,24)18-9-3-2-4-10-18/h2-4,6,8-10,12,16,19-20H,5,7,11,13-15H2,1H3/t16-,19+,20+/m0/s1. The van der Waals surface area contributed by atoms with Crippen LogP contribution in [0, 0.1) is 11.8 Å². The lowest BCUT2D eigenvalue weighted by Crippen LogP contribution is -2.43. The van der Waals surface area contributed by atoms with Gasteiger partial charge in [0.2, 0.25) is 10.0 Å². The number of benzene rings is 1. The van der Waals surface area contributed by atoms with E-state index in [1.165, 1.54) is 0 Å². The molecular formula is C20H26N2O3S. The molecule has 0 unspecified atom stereocenters. The van der Waals surface area contributed by atoms with Crippen molar-refractivity contribution in [3.8, 4) is 0 Å². The summed E-state index contributed by atoms with van der Waals surface area (Å²) in [5, 5.41) is 0. The maximum absolute atomic E-state index is 13.0. The molecule has 26 heavy (non-hydrogen) atoms. The van der Waals surface area contributed by atoms with Crippen LogP contribution in [-0.4, -0.2) is 43.8 Å². The number of fused-ring (bicyclic) bond motifs is 1. The molecule has 0 amide bonds. The molecule has 1 saturated heterocycles. The highest BCUT2D eigenvalue weighted by molar-refractivity contribution is 7.89. The summed E-state index contributed by atoms with van der Waals surface area (Å²) in [5.41, 5.74) is 0. The van der Waals surface area contributed by atoms with E-state index in [-0.39, 0.29) is 0 Å². The summed E-state index contributed by atoms with van der Waals surface area (Å²) >= 11 is 0. The Labute approximate surface area is 155 Å². The average Bonchev–Trinajstić information content (AvgIpc) is 3.31. The van der Waals surface area contributed by atoms with E-state index in [1.807, 2.05) is 18.2 Å². The molecule has 1 saturated carbocycles. The number of hydrogen-bond donors (Lipinski definition) is 0. The number of sulfonamides is 1. The highest BCUT2D eigenvalue weighted by Gasteiger charge is 2.45. The van der Waals surface area contributed by atoms with Crippen molar-refractivity contribution < 1.29 is 12.8 Å². The predicted octanol–water partition coefficient (Wildman–Crippen LogP) is 3.20. The zero-order valence-electron chi connectivity index (χ0n) is 15.1. The highest BCUT2D eigenvalue weighted by atomic mass is 32.2. The van der Waals surface area contributed by atoms with Crippen molar-refractivity contribution in [2.75, 3.05) is 20.1 Å². The zero-order valence-corrected chi connectivity index (χ0v) is 15.9. The van der Waals surface area contributed by atoms with Crippen LogP contribution in [0.4, 0.5) is 0 Å². The molecule has 2 fully saturated rings. The Morgan fingerprint density at radius 1 is 1.12 bits per heavy atom. The van der Waals surface area contributed by atoms with Gasteiger partial charge in [0, 0.05) is 19.1 Å². The van der Waals surface area contributed by atoms with Gasteiger partial charge in [0.15, 0.2) is 0 Å². The number of rotatable bonds is 5. The van der Waals surface area contributed by atoms with Gasteiger partial charge in [-0.15, -0.1) is 0 Å². The van der Waals surface area contributed by atoms with Crippen molar-refractivity contribution in [2.45, 2.75) is 36.7 Å². The Hall–Kier alpha value is -1.63. The fourth-order valence-corrected chi connectivity index (χ4v) is 6.21. The first-order valence-corrected chi connectivity index (χ1v) is 10.8. The van der Waals surface area contributed by atoms with Crippen LogP contribution >= 0.6 is 0 Å². The lowest BCUT2D eigenvalue weighted by atomic mass is 9.77. The molecule has 4 rings (SSSR count). The minimum absolute atomic E-state index is 0.391. The Bertz CT molecular complexity index is 820. The minimum Gasteiger partial charge on any atom is -0.468 e. The summed E-state index contributed by atoms with van der Waals surface area (Å²) < 4.78 is 33.2. The van der Waals surface area contributed by atoms with Crippen LogP contribution in [0.15, 0.2) is 58.0 Å². The molecule has 0 N–H and O–H groups in total. The topological polar surface area (TPSA) is 53.8 Å². The van der Waals surface area contributed by atoms with E-state index >= 15 is 0 Å². The van der Waals surface area contributed by atoms with Gasteiger partial charge in [-0.05, 0) is 56.0 Å². The zero-order chi connectivity index (χ0) is 18.1. The third-order valence-electron chi connectivity index (χ3n) is 5.96. The van der Waals surface area contributed by atoms with Gasteiger partial charge >= 0.3 is 0 Å². The molecule has 1 aromatic heterocycles. The Kier molecular flexibility index (Phi) is 4.90. The van der Waals surface area contributed by atoms with Crippen molar-refractivity contribution in [3.63, 3.8) is 0 Å². The monoisotopic (exact) mass is 374 g/mol. The molecule has 2 heterocycles. The van der Waals surface area contributed by atoms with Crippen molar-refractivity contribution in [1.82, 2.24) is 9.21 Å². The summed E-state index contributed by atoms with van der Waals surface area (Å²) in [6.45, 7) is 2.04. The lowest BCUT2D eigenvalue weighted by Gasteiger charge is -2.38. The first-order chi connectivity index (χ1) is 12.6. The summed E-state index contributed by atoms with van der Waals surface area (Å²) in [4.78, 5) is 2.74. The molecular weight excluding hydrogens is 348 g/mol. The third kappa shape index (κ3) is 3.33. The first-order valence-electron chi connectivity index (χ1n) is 9.33. The molecule has 0 radical (unpaired) electrons. The summed E-state index contributed by atoms with van der Waals surface area (Å²) in [5.74, 6) is 1.80. The van der Waals surface area contributed by atoms with Crippen LogP contribution in [0.25, 0.3) is 0 Å². The van der Waals surface area contributed by atoms with Crippen LogP contribution in [0.3, 0.4) is 0 Å². The van der Waals surface area contributed by atoms with E-state index in [2.05, 4.69) is 11.9 Å². The van der Waals surface area contributed by atoms with Crippen LogP contribution < -0.4 is 0 Å². The van der Waals surface area contributed by atoms with Crippen molar-refractivity contribution in [3.05, 3.63) is 54.5 Å². The molecule has 0 spiro atoms. The van der Waals surface area contributed by atoms with Crippen LogP contribution in [0.5, 0.6) is 0 Å². The molecule has 1 aromatic carbocycles. The fourth-order valence-electron chi connectivity index (χ4n) is 4.65. The van der Waals surface area contributed by atoms with Crippen LogP contribution in [0.1, 0.15) is 25.0 Å². The fraction of sp³-hybridized carbons (Fsp3) is 0.500. The largest absolute Gasteiger partial charge is 0.468 e. The second kappa shape index (κ2) is 7.18. The normalized spacial score (nSPS) is 26.9. The quantitative estimate of drug-likeness (QED) is 0.806. The van der Waals surface area contributed by atoms with E-state index < -0.39 is 10.0 Å². The number of nitrogens with zero attached hydrogens (tertiary/aromatic N) is 2. The van der Waals surface area contributed by atoms with Gasteiger partial charge in [0.1, 0.15) is 5.76 Å². The summed E-state index contributed by atoms with van der Waals surface area (Å²) in [7, 11) is -1.27. The minimum atomic E-state index is -3.40. The van der Waals surface area contributed by atoms with E-state index in [1.54, 1.807) is 34.8 Å². The lowest BCUT2D eigenvalue weighted by molar-refractivity contribution is 0.0999. The molecule has 6 heteroatoms. The highest BCUT2D eigenvalue weighted by Crippen LogP contribution is 2.40. The maximum atomic E-state index is 13.0.